The Morgan fingerprint density at radius 1 is 1.23 bits per heavy atom. The molecule has 1 aromatic carbocycles. The van der Waals surface area contributed by atoms with Crippen molar-refractivity contribution >= 4 is 5.91 Å². The van der Waals surface area contributed by atoms with Gasteiger partial charge in [0.1, 0.15) is 0 Å². The summed E-state index contributed by atoms with van der Waals surface area (Å²) in [6.07, 6.45) is 4.79. The van der Waals surface area contributed by atoms with Crippen molar-refractivity contribution in [1.82, 2.24) is 15.5 Å². The normalized spacial score (nSPS) is 17.2. The minimum atomic E-state index is 0.0520. The molecule has 1 saturated heterocycles. The van der Waals surface area contributed by atoms with E-state index in [4.69, 9.17) is 0 Å². The predicted octanol–water partition coefficient (Wildman–Crippen LogP) is 2.05. The largest absolute Gasteiger partial charge is 0.348 e. The van der Waals surface area contributed by atoms with Gasteiger partial charge in [-0.25, -0.2) is 0 Å². The van der Waals surface area contributed by atoms with E-state index in [1.165, 1.54) is 32.4 Å². The molecule has 1 amide bonds. The summed E-state index contributed by atoms with van der Waals surface area (Å²) in [5.41, 5.74) is 1.92. The highest BCUT2D eigenvalue weighted by molar-refractivity contribution is 5.95. The summed E-state index contributed by atoms with van der Waals surface area (Å²) in [7, 11) is 1.93. The van der Waals surface area contributed by atoms with E-state index < -0.39 is 0 Å². The molecule has 0 aromatic heterocycles. The van der Waals surface area contributed by atoms with Crippen LogP contribution in [0.4, 0.5) is 0 Å². The highest BCUT2D eigenvalue weighted by Crippen LogP contribution is 2.11. The number of hydrogen-bond donors (Lipinski definition) is 2. The lowest BCUT2D eigenvalue weighted by atomic mass is 10.0. The molecule has 4 heteroatoms. The molecule has 2 rings (SSSR count). The molecule has 0 bridgehead atoms. The number of hydrogen-bond acceptors (Lipinski definition) is 3. The van der Waals surface area contributed by atoms with Crippen molar-refractivity contribution < 1.29 is 4.79 Å². The van der Waals surface area contributed by atoms with Gasteiger partial charge in [-0.3, -0.25) is 4.79 Å². The fourth-order valence-corrected chi connectivity index (χ4v) is 3.10. The van der Waals surface area contributed by atoms with E-state index in [-0.39, 0.29) is 11.9 Å². The van der Waals surface area contributed by atoms with Gasteiger partial charge in [0.15, 0.2) is 0 Å². The van der Waals surface area contributed by atoms with Crippen LogP contribution in [0.25, 0.3) is 0 Å². The van der Waals surface area contributed by atoms with E-state index in [9.17, 15) is 4.79 Å². The van der Waals surface area contributed by atoms with Crippen LogP contribution in [0, 0.1) is 0 Å². The van der Waals surface area contributed by atoms with E-state index in [0.717, 1.165) is 30.6 Å². The molecule has 4 nitrogen and oxygen atoms in total. The molecule has 2 N–H and O–H groups in total. The minimum Gasteiger partial charge on any atom is -0.348 e. The van der Waals surface area contributed by atoms with Gasteiger partial charge in [-0.2, -0.15) is 0 Å². The van der Waals surface area contributed by atoms with Gasteiger partial charge in [-0.05, 0) is 64.5 Å². The molecule has 0 spiro atoms. The summed E-state index contributed by atoms with van der Waals surface area (Å²) in [5, 5.41) is 6.30. The Kier molecular flexibility index (Phi) is 6.87. The SMILES string of the molecule is CNCCc1ccccc1C(=O)NC(C)CN1CCCCC1. The lowest BCUT2D eigenvalue weighted by Gasteiger charge is -2.29. The Labute approximate surface area is 134 Å². The predicted molar refractivity (Wildman–Crippen MR) is 91.3 cm³/mol. The molecular formula is C18H29N3O. The number of carbonyl (C=O) groups is 1. The molecule has 1 aliphatic heterocycles. The number of piperidine rings is 1. The van der Waals surface area contributed by atoms with Crippen molar-refractivity contribution in [3.8, 4) is 0 Å². The molecule has 22 heavy (non-hydrogen) atoms. The monoisotopic (exact) mass is 303 g/mol. The summed E-state index contributed by atoms with van der Waals surface area (Å²) >= 11 is 0. The highest BCUT2D eigenvalue weighted by atomic mass is 16.1. The fraction of sp³-hybridized carbons (Fsp3) is 0.611. The highest BCUT2D eigenvalue weighted by Gasteiger charge is 2.17. The first-order valence-corrected chi connectivity index (χ1v) is 8.46. The van der Waals surface area contributed by atoms with Gasteiger partial charge < -0.3 is 15.5 Å². The summed E-state index contributed by atoms with van der Waals surface area (Å²) in [5.74, 6) is 0.0520. The van der Waals surface area contributed by atoms with Gasteiger partial charge in [-0.15, -0.1) is 0 Å². The molecule has 1 atom stereocenters. The summed E-state index contributed by atoms with van der Waals surface area (Å²) in [4.78, 5) is 15.0. The zero-order valence-electron chi connectivity index (χ0n) is 13.9. The Bertz CT molecular complexity index is 469. The molecule has 1 aromatic rings. The number of nitrogens with zero attached hydrogens (tertiary/aromatic N) is 1. The second kappa shape index (κ2) is 8.91. The first kappa shape index (κ1) is 17.0. The van der Waals surface area contributed by atoms with Crippen LogP contribution in [-0.2, 0) is 6.42 Å². The Morgan fingerprint density at radius 2 is 1.95 bits per heavy atom. The molecule has 1 heterocycles. The second-order valence-corrected chi connectivity index (χ2v) is 6.25. The lowest BCUT2D eigenvalue weighted by molar-refractivity contribution is 0.0924. The summed E-state index contributed by atoms with van der Waals surface area (Å²) in [6.45, 7) is 6.26. The third-order valence-electron chi connectivity index (χ3n) is 4.26. The number of rotatable bonds is 7. The molecule has 0 aliphatic carbocycles. The van der Waals surface area contributed by atoms with Crippen molar-refractivity contribution in [2.75, 3.05) is 33.2 Å². The van der Waals surface area contributed by atoms with Crippen LogP contribution in [-0.4, -0.2) is 50.1 Å². The molecule has 1 fully saturated rings. The second-order valence-electron chi connectivity index (χ2n) is 6.25. The smallest absolute Gasteiger partial charge is 0.251 e. The van der Waals surface area contributed by atoms with Crippen LogP contribution in [0.3, 0.4) is 0 Å². The van der Waals surface area contributed by atoms with Gasteiger partial charge in [0.05, 0.1) is 0 Å². The zero-order valence-corrected chi connectivity index (χ0v) is 13.9. The third-order valence-corrected chi connectivity index (χ3v) is 4.26. The van der Waals surface area contributed by atoms with Crippen molar-refractivity contribution in [3.63, 3.8) is 0 Å². The van der Waals surface area contributed by atoms with Gasteiger partial charge >= 0.3 is 0 Å². The van der Waals surface area contributed by atoms with E-state index in [2.05, 4.69) is 22.5 Å². The van der Waals surface area contributed by atoms with Crippen LogP contribution in [0.2, 0.25) is 0 Å². The maximum Gasteiger partial charge on any atom is 0.251 e. The summed E-state index contributed by atoms with van der Waals surface area (Å²) in [6, 6.07) is 8.09. The maximum atomic E-state index is 12.5. The maximum absolute atomic E-state index is 12.5. The number of benzene rings is 1. The molecular weight excluding hydrogens is 274 g/mol. The number of amides is 1. The van der Waals surface area contributed by atoms with Crippen LogP contribution >= 0.6 is 0 Å². The van der Waals surface area contributed by atoms with Crippen LogP contribution < -0.4 is 10.6 Å². The number of nitrogens with one attached hydrogen (secondary N) is 2. The summed E-state index contributed by atoms with van der Waals surface area (Å²) < 4.78 is 0. The quantitative estimate of drug-likeness (QED) is 0.810. The minimum absolute atomic E-state index is 0.0520. The van der Waals surface area contributed by atoms with E-state index in [1.807, 2.05) is 31.3 Å². The van der Waals surface area contributed by atoms with E-state index >= 15 is 0 Å². The number of carbonyl (C=O) groups excluding carboxylic acids is 1. The van der Waals surface area contributed by atoms with Crippen molar-refractivity contribution in [1.29, 1.82) is 0 Å². The average molecular weight is 303 g/mol. The molecule has 122 valence electrons. The van der Waals surface area contributed by atoms with Crippen LogP contribution in [0.15, 0.2) is 24.3 Å². The van der Waals surface area contributed by atoms with Gasteiger partial charge in [0.25, 0.3) is 5.91 Å². The lowest BCUT2D eigenvalue weighted by Crippen LogP contribution is -2.43. The van der Waals surface area contributed by atoms with E-state index in [1.54, 1.807) is 0 Å². The number of likely N-dealkylation sites (N-methyl/N-ethyl adjacent to an activating group) is 1. The zero-order chi connectivity index (χ0) is 15.8. The number of likely N-dealkylation sites (tertiary alicyclic amines) is 1. The first-order valence-electron chi connectivity index (χ1n) is 8.46. The Morgan fingerprint density at radius 3 is 2.68 bits per heavy atom. The van der Waals surface area contributed by atoms with Crippen LogP contribution in [0.1, 0.15) is 42.1 Å². The van der Waals surface area contributed by atoms with Gasteiger partial charge in [0, 0.05) is 18.2 Å². The van der Waals surface area contributed by atoms with E-state index in [0.29, 0.717) is 0 Å². The van der Waals surface area contributed by atoms with Crippen molar-refractivity contribution in [2.24, 2.45) is 0 Å². The molecule has 0 radical (unpaired) electrons. The Balaban J connectivity index is 1.90. The van der Waals surface area contributed by atoms with Gasteiger partial charge in [0.2, 0.25) is 0 Å². The first-order chi connectivity index (χ1) is 10.7. The van der Waals surface area contributed by atoms with Crippen molar-refractivity contribution in [2.45, 2.75) is 38.6 Å². The molecule has 1 unspecified atom stereocenters. The van der Waals surface area contributed by atoms with Gasteiger partial charge in [-0.1, -0.05) is 24.6 Å². The topological polar surface area (TPSA) is 44.4 Å². The Hall–Kier alpha value is -1.39. The standard InChI is InChI=1S/C18H29N3O/c1-15(14-21-12-6-3-7-13-21)20-18(22)17-9-5-4-8-16(17)10-11-19-2/h4-5,8-9,15,19H,3,6-7,10-14H2,1-2H3,(H,20,22). The van der Waals surface area contributed by atoms with Crippen molar-refractivity contribution in [3.05, 3.63) is 35.4 Å². The average Bonchev–Trinajstić information content (AvgIpc) is 2.54. The molecule has 0 saturated carbocycles. The molecule has 1 aliphatic rings. The van der Waals surface area contributed by atoms with Crippen LogP contribution in [0.5, 0.6) is 0 Å². The third kappa shape index (κ3) is 5.11. The fourth-order valence-electron chi connectivity index (χ4n) is 3.10.